The maximum atomic E-state index is 6.02. The average molecular weight is 211 g/mol. The number of hydrogen-bond donors (Lipinski definition) is 1. The van der Waals surface area contributed by atoms with Crippen molar-refractivity contribution in [2.75, 3.05) is 26.7 Å². The minimum absolute atomic E-state index is 0.247. The molecular formula is C12H25N3. The van der Waals surface area contributed by atoms with E-state index >= 15 is 0 Å². The van der Waals surface area contributed by atoms with Gasteiger partial charge < -0.3 is 5.73 Å². The van der Waals surface area contributed by atoms with Crippen LogP contribution in [0.3, 0.4) is 0 Å². The minimum Gasteiger partial charge on any atom is -0.329 e. The molecule has 1 saturated carbocycles. The van der Waals surface area contributed by atoms with E-state index in [4.69, 9.17) is 5.73 Å². The van der Waals surface area contributed by atoms with Crippen LogP contribution in [0.4, 0.5) is 0 Å². The Morgan fingerprint density at radius 3 is 2.60 bits per heavy atom. The standard InChI is InChI=1S/C12H25N3/c1-10(2)14(3)12(8-13)6-7-15(9-12)11-4-5-11/h10-11H,4-9,13H2,1-3H3. The first-order valence-corrected chi connectivity index (χ1v) is 6.26. The predicted molar refractivity (Wildman–Crippen MR) is 63.9 cm³/mol. The minimum atomic E-state index is 0.247. The van der Waals surface area contributed by atoms with Crippen LogP contribution in [0.1, 0.15) is 33.1 Å². The van der Waals surface area contributed by atoms with Gasteiger partial charge in [-0.15, -0.1) is 0 Å². The number of nitrogens with two attached hydrogens (primary N) is 1. The van der Waals surface area contributed by atoms with Crippen LogP contribution in [0.5, 0.6) is 0 Å². The number of rotatable bonds is 4. The zero-order valence-corrected chi connectivity index (χ0v) is 10.4. The van der Waals surface area contributed by atoms with Crippen LogP contribution < -0.4 is 5.73 Å². The molecule has 1 aliphatic heterocycles. The van der Waals surface area contributed by atoms with Crippen LogP contribution in [0, 0.1) is 0 Å². The number of hydrogen-bond acceptors (Lipinski definition) is 3. The normalized spacial score (nSPS) is 33.2. The van der Waals surface area contributed by atoms with Gasteiger partial charge in [-0.1, -0.05) is 0 Å². The maximum absolute atomic E-state index is 6.02. The number of likely N-dealkylation sites (tertiary alicyclic amines) is 1. The van der Waals surface area contributed by atoms with Gasteiger partial charge in [0.1, 0.15) is 0 Å². The fourth-order valence-corrected chi connectivity index (χ4v) is 2.79. The maximum Gasteiger partial charge on any atom is 0.0470 e. The van der Waals surface area contributed by atoms with E-state index < -0.39 is 0 Å². The summed E-state index contributed by atoms with van der Waals surface area (Å²) in [4.78, 5) is 5.13. The van der Waals surface area contributed by atoms with Crippen LogP contribution in [0.2, 0.25) is 0 Å². The van der Waals surface area contributed by atoms with E-state index in [1.807, 2.05) is 0 Å². The second kappa shape index (κ2) is 4.04. The first-order valence-electron chi connectivity index (χ1n) is 6.26. The van der Waals surface area contributed by atoms with Crippen LogP contribution in [0.15, 0.2) is 0 Å². The van der Waals surface area contributed by atoms with E-state index in [2.05, 4.69) is 30.7 Å². The Morgan fingerprint density at radius 2 is 2.13 bits per heavy atom. The molecule has 15 heavy (non-hydrogen) atoms. The van der Waals surface area contributed by atoms with E-state index in [-0.39, 0.29) is 5.54 Å². The van der Waals surface area contributed by atoms with Gasteiger partial charge in [0.25, 0.3) is 0 Å². The molecule has 1 heterocycles. The van der Waals surface area contributed by atoms with E-state index in [0.717, 1.165) is 12.6 Å². The Balaban J connectivity index is 2.02. The monoisotopic (exact) mass is 211 g/mol. The van der Waals surface area contributed by atoms with E-state index in [1.165, 1.54) is 32.4 Å². The number of nitrogens with zero attached hydrogens (tertiary/aromatic N) is 2. The molecule has 88 valence electrons. The van der Waals surface area contributed by atoms with Crippen molar-refractivity contribution in [1.82, 2.24) is 9.80 Å². The van der Waals surface area contributed by atoms with Crippen molar-refractivity contribution in [2.24, 2.45) is 5.73 Å². The predicted octanol–water partition coefficient (Wildman–Crippen LogP) is 0.892. The average Bonchev–Trinajstić information content (AvgIpc) is 2.98. The summed E-state index contributed by atoms with van der Waals surface area (Å²) < 4.78 is 0. The third-order valence-electron chi connectivity index (χ3n) is 4.33. The Labute approximate surface area is 93.6 Å². The fourth-order valence-electron chi connectivity index (χ4n) is 2.79. The molecule has 0 bridgehead atoms. The summed E-state index contributed by atoms with van der Waals surface area (Å²) in [5, 5.41) is 0. The molecular weight excluding hydrogens is 186 g/mol. The molecule has 0 spiro atoms. The van der Waals surface area contributed by atoms with Crippen molar-refractivity contribution >= 4 is 0 Å². The van der Waals surface area contributed by atoms with Crippen LogP contribution in [0.25, 0.3) is 0 Å². The molecule has 0 radical (unpaired) electrons. The van der Waals surface area contributed by atoms with Gasteiger partial charge in [-0.3, -0.25) is 9.80 Å². The van der Waals surface area contributed by atoms with Crippen LogP contribution in [-0.2, 0) is 0 Å². The summed E-state index contributed by atoms with van der Waals surface area (Å²) in [6.45, 7) is 7.75. The molecule has 2 N–H and O–H groups in total. The molecule has 1 atom stereocenters. The smallest absolute Gasteiger partial charge is 0.0470 e. The molecule has 0 amide bonds. The highest BCUT2D eigenvalue weighted by molar-refractivity contribution is 5.03. The SMILES string of the molecule is CC(C)N(C)C1(CN)CCN(C2CC2)C1. The van der Waals surface area contributed by atoms with Crippen molar-refractivity contribution in [3.8, 4) is 0 Å². The fraction of sp³-hybridized carbons (Fsp3) is 1.00. The van der Waals surface area contributed by atoms with Gasteiger partial charge >= 0.3 is 0 Å². The summed E-state index contributed by atoms with van der Waals surface area (Å²) in [6.07, 6.45) is 4.06. The third kappa shape index (κ3) is 2.05. The van der Waals surface area contributed by atoms with Gasteiger partial charge in [-0.05, 0) is 40.2 Å². The zero-order chi connectivity index (χ0) is 11.1. The Kier molecular flexibility index (Phi) is 3.06. The zero-order valence-electron chi connectivity index (χ0n) is 10.4. The van der Waals surface area contributed by atoms with Crippen molar-refractivity contribution in [1.29, 1.82) is 0 Å². The highest BCUT2D eigenvalue weighted by Crippen LogP contribution is 2.35. The summed E-state index contributed by atoms with van der Waals surface area (Å²) in [5.74, 6) is 0. The lowest BCUT2D eigenvalue weighted by atomic mass is 9.95. The number of likely N-dealkylation sites (N-methyl/N-ethyl adjacent to an activating group) is 1. The largest absolute Gasteiger partial charge is 0.329 e. The van der Waals surface area contributed by atoms with Gasteiger partial charge in [0.2, 0.25) is 0 Å². The molecule has 0 aromatic heterocycles. The summed E-state index contributed by atoms with van der Waals surface area (Å²) in [7, 11) is 2.23. The van der Waals surface area contributed by atoms with E-state index in [0.29, 0.717) is 6.04 Å². The quantitative estimate of drug-likeness (QED) is 0.749. The molecule has 1 aliphatic carbocycles. The Bertz CT molecular complexity index is 225. The highest BCUT2D eigenvalue weighted by Gasteiger charge is 2.45. The van der Waals surface area contributed by atoms with Gasteiger partial charge in [0.05, 0.1) is 0 Å². The molecule has 2 aliphatic rings. The highest BCUT2D eigenvalue weighted by atomic mass is 15.3. The van der Waals surface area contributed by atoms with Gasteiger partial charge in [0.15, 0.2) is 0 Å². The molecule has 3 nitrogen and oxygen atoms in total. The summed E-state index contributed by atoms with van der Waals surface area (Å²) in [6, 6.07) is 1.48. The first kappa shape index (κ1) is 11.4. The summed E-state index contributed by atoms with van der Waals surface area (Å²) >= 11 is 0. The molecule has 2 fully saturated rings. The molecule has 0 aromatic rings. The van der Waals surface area contributed by atoms with Crippen molar-refractivity contribution in [2.45, 2.75) is 50.7 Å². The molecule has 1 unspecified atom stereocenters. The van der Waals surface area contributed by atoms with Gasteiger partial charge in [-0.2, -0.15) is 0 Å². The van der Waals surface area contributed by atoms with Gasteiger partial charge in [-0.25, -0.2) is 0 Å². The second-order valence-electron chi connectivity index (χ2n) is 5.58. The lowest BCUT2D eigenvalue weighted by Crippen LogP contribution is -2.56. The molecule has 2 rings (SSSR count). The van der Waals surface area contributed by atoms with Gasteiger partial charge in [0, 0.05) is 37.3 Å². The summed E-state index contributed by atoms with van der Waals surface area (Å²) in [5.41, 5.74) is 6.27. The molecule has 3 heteroatoms. The third-order valence-corrected chi connectivity index (χ3v) is 4.33. The van der Waals surface area contributed by atoms with Crippen LogP contribution >= 0.6 is 0 Å². The van der Waals surface area contributed by atoms with E-state index in [9.17, 15) is 0 Å². The molecule has 0 aromatic carbocycles. The van der Waals surface area contributed by atoms with Crippen molar-refractivity contribution < 1.29 is 0 Å². The van der Waals surface area contributed by atoms with E-state index in [1.54, 1.807) is 0 Å². The van der Waals surface area contributed by atoms with Crippen molar-refractivity contribution in [3.63, 3.8) is 0 Å². The Hall–Kier alpha value is -0.120. The topological polar surface area (TPSA) is 32.5 Å². The first-order chi connectivity index (χ1) is 7.09. The second-order valence-corrected chi connectivity index (χ2v) is 5.58. The lowest BCUT2D eigenvalue weighted by Gasteiger charge is -2.40. The Morgan fingerprint density at radius 1 is 1.47 bits per heavy atom. The molecule has 1 saturated heterocycles. The lowest BCUT2D eigenvalue weighted by molar-refractivity contribution is 0.0962. The van der Waals surface area contributed by atoms with Crippen LogP contribution in [-0.4, -0.2) is 54.1 Å². The van der Waals surface area contributed by atoms with Crippen molar-refractivity contribution in [3.05, 3.63) is 0 Å².